The van der Waals surface area contributed by atoms with Crippen molar-refractivity contribution in [1.29, 1.82) is 0 Å². The monoisotopic (exact) mass is 291 g/mol. The summed E-state index contributed by atoms with van der Waals surface area (Å²) in [6, 6.07) is 6.01. The molecule has 2 aliphatic rings. The van der Waals surface area contributed by atoms with Crippen molar-refractivity contribution in [3.05, 3.63) is 23.8 Å². The molecule has 1 fully saturated rings. The molecule has 1 aromatic carbocycles. The highest BCUT2D eigenvalue weighted by molar-refractivity contribution is 5.47. The van der Waals surface area contributed by atoms with Crippen molar-refractivity contribution in [3.63, 3.8) is 0 Å². The second kappa shape index (κ2) is 6.24. The summed E-state index contributed by atoms with van der Waals surface area (Å²) in [5.74, 6) is 2.46. The molecule has 0 bridgehead atoms. The van der Waals surface area contributed by atoms with E-state index < -0.39 is 0 Å². The quantitative estimate of drug-likeness (QED) is 0.895. The van der Waals surface area contributed by atoms with E-state index in [4.69, 9.17) is 9.47 Å². The second-order valence-electron chi connectivity index (χ2n) is 6.42. The predicted octanol–water partition coefficient (Wildman–Crippen LogP) is 2.49. The Balaban J connectivity index is 1.69. The first-order valence-electron chi connectivity index (χ1n) is 7.96. The second-order valence-corrected chi connectivity index (χ2v) is 6.42. The van der Waals surface area contributed by atoms with Crippen LogP contribution in [0.3, 0.4) is 0 Å². The third-order valence-corrected chi connectivity index (χ3v) is 4.84. The van der Waals surface area contributed by atoms with Gasteiger partial charge in [0.1, 0.15) is 13.2 Å². The summed E-state index contributed by atoms with van der Waals surface area (Å²) in [5, 5.41) is 13.4. The molecule has 0 aromatic heterocycles. The number of benzene rings is 1. The van der Waals surface area contributed by atoms with Crippen LogP contribution in [0.2, 0.25) is 0 Å². The zero-order chi connectivity index (χ0) is 14.7. The third kappa shape index (κ3) is 3.16. The predicted molar refractivity (Wildman–Crippen MR) is 81.7 cm³/mol. The van der Waals surface area contributed by atoms with Crippen molar-refractivity contribution in [2.24, 2.45) is 5.92 Å². The maximum Gasteiger partial charge on any atom is 0.165 e. The van der Waals surface area contributed by atoms with E-state index in [1.165, 1.54) is 12.8 Å². The number of ether oxygens (including phenoxy) is 2. The van der Waals surface area contributed by atoms with Crippen molar-refractivity contribution >= 4 is 0 Å². The highest BCUT2D eigenvalue weighted by Gasteiger charge is 2.33. The highest BCUT2D eigenvalue weighted by atomic mass is 16.6. The van der Waals surface area contributed by atoms with E-state index in [-0.39, 0.29) is 12.1 Å². The van der Waals surface area contributed by atoms with Gasteiger partial charge in [0, 0.05) is 17.6 Å². The average molecular weight is 291 g/mol. The smallest absolute Gasteiger partial charge is 0.165 e. The van der Waals surface area contributed by atoms with Crippen LogP contribution in [0.1, 0.15) is 38.2 Å². The fraction of sp³-hybridized carbons (Fsp3) is 0.647. The molecule has 1 aliphatic heterocycles. The SMILES string of the molecule is CC1CCC(CO)(NCc2cccc3c2OCCO3)CC1. The molecule has 0 radical (unpaired) electrons. The summed E-state index contributed by atoms with van der Waals surface area (Å²) in [5.41, 5.74) is 0.976. The van der Waals surface area contributed by atoms with Crippen LogP contribution in [0.4, 0.5) is 0 Å². The molecule has 3 rings (SSSR count). The number of para-hydroxylation sites is 1. The molecule has 1 aromatic rings. The zero-order valence-corrected chi connectivity index (χ0v) is 12.7. The van der Waals surface area contributed by atoms with Gasteiger partial charge >= 0.3 is 0 Å². The number of hydrogen-bond donors (Lipinski definition) is 2. The Labute approximate surface area is 126 Å². The summed E-state index contributed by atoms with van der Waals surface area (Å²) in [4.78, 5) is 0. The van der Waals surface area contributed by atoms with Crippen LogP contribution in [-0.4, -0.2) is 30.5 Å². The molecule has 1 aliphatic carbocycles. The summed E-state index contributed by atoms with van der Waals surface area (Å²) in [6.45, 7) is 4.42. The lowest BCUT2D eigenvalue weighted by Crippen LogP contribution is -2.50. The van der Waals surface area contributed by atoms with Crippen molar-refractivity contribution in [3.8, 4) is 11.5 Å². The Kier molecular flexibility index (Phi) is 4.36. The zero-order valence-electron chi connectivity index (χ0n) is 12.7. The standard InChI is InChI=1S/C17H25NO3/c1-13-5-7-17(12-19,8-6-13)18-11-14-3-2-4-15-16(14)21-10-9-20-15/h2-4,13,18-19H,5-12H2,1H3. The van der Waals surface area contributed by atoms with Crippen molar-refractivity contribution in [2.45, 2.75) is 44.7 Å². The molecule has 0 unspecified atom stereocenters. The highest BCUT2D eigenvalue weighted by Crippen LogP contribution is 2.35. The molecular formula is C17H25NO3. The van der Waals surface area contributed by atoms with Gasteiger partial charge in [0.15, 0.2) is 11.5 Å². The molecule has 21 heavy (non-hydrogen) atoms. The molecule has 0 amide bonds. The van der Waals surface area contributed by atoms with Crippen molar-refractivity contribution in [2.75, 3.05) is 19.8 Å². The van der Waals surface area contributed by atoms with Gasteiger partial charge in [-0.1, -0.05) is 19.1 Å². The van der Waals surface area contributed by atoms with Crippen molar-refractivity contribution < 1.29 is 14.6 Å². The minimum atomic E-state index is -0.134. The third-order valence-electron chi connectivity index (χ3n) is 4.84. The van der Waals surface area contributed by atoms with Gasteiger partial charge in [-0.15, -0.1) is 0 Å². The summed E-state index contributed by atoms with van der Waals surface area (Å²) >= 11 is 0. The first-order valence-corrected chi connectivity index (χ1v) is 7.96. The van der Waals surface area contributed by atoms with Crippen LogP contribution in [-0.2, 0) is 6.54 Å². The van der Waals surface area contributed by atoms with Crippen LogP contribution in [0.5, 0.6) is 11.5 Å². The van der Waals surface area contributed by atoms with E-state index in [1.807, 2.05) is 12.1 Å². The number of hydrogen-bond acceptors (Lipinski definition) is 4. The Morgan fingerprint density at radius 2 is 2.00 bits per heavy atom. The lowest BCUT2D eigenvalue weighted by atomic mass is 9.77. The molecule has 0 spiro atoms. The van der Waals surface area contributed by atoms with E-state index in [0.29, 0.717) is 19.8 Å². The number of nitrogens with one attached hydrogen (secondary N) is 1. The summed E-state index contributed by atoms with van der Waals surface area (Å²) in [7, 11) is 0. The van der Waals surface area contributed by atoms with Crippen LogP contribution in [0.15, 0.2) is 18.2 Å². The van der Waals surface area contributed by atoms with E-state index in [9.17, 15) is 5.11 Å². The van der Waals surface area contributed by atoms with Crippen LogP contribution >= 0.6 is 0 Å². The van der Waals surface area contributed by atoms with Gasteiger partial charge in [0.2, 0.25) is 0 Å². The Bertz CT molecular complexity index is 481. The fourth-order valence-corrected chi connectivity index (χ4v) is 3.26. The molecule has 0 atom stereocenters. The molecule has 4 heteroatoms. The summed E-state index contributed by atoms with van der Waals surface area (Å²) in [6.07, 6.45) is 4.44. The topological polar surface area (TPSA) is 50.7 Å². The largest absolute Gasteiger partial charge is 0.486 e. The molecular weight excluding hydrogens is 266 g/mol. The Morgan fingerprint density at radius 1 is 1.24 bits per heavy atom. The molecule has 116 valence electrons. The molecule has 0 saturated heterocycles. The van der Waals surface area contributed by atoms with Crippen LogP contribution in [0, 0.1) is 5.92 Å². The number of fused-ring (bicyclic) bond motifs is 1. The molecule has 1 saturated carbocycles. The maximum atomic E-state index is 9.83. The normalized spacial score (nSPS) is 28.4. The minimum Gasteiger partial charge on any atom is -0.486 e. The van der Waals surface area contributed by atoms with E-state index in [2.05, 4.69) is 18.3 Å². The van der Waals surface area contributed by atoms with Gasteiger partial charge in [-0.05, 0) is 37.7 Å². The molecule has 2 N–H and O–H groups in total. The van der Waals surface area contributed by atoms with Crippen LogP contribution < -0.4 is 14.8 Å². The van der Waals surface area contributed by atoms with E-state index in [0.717, 1.165) is 35.8 Å². The lowest BCUT2D eigenvalue weighted by Gasteiger charge is -2.39. The Hall–Kier alpha value is -1.26. The minimum absolute atomic E-state index is 0.134. The first-order chi connectivity index (χ1) is 10.2. The van der Waals surface area contributed by atoms with Gasteiger partial charge in [0.25, 0.3) is 0 Å². The average Bonchev–Trinajstić information content (AvgIpc) is 2.55. The first kappa shape index (κ1) is 14.7. The fourth-order valence-electron chi connectivity index (χ4n) is 3.26. The summed E-state index contributed by atoms with van der Waals surface area (Å²) < 4.78 is 11.4. The number of aliphatic hydroxyl groups is 1. The van der Waals surface area contributed by atoms with E-state index in [1.54, 1.807) is 0 Å². The van der Waals surface area contributed by atoms with Gasteiger partial charge in [-0.25, -0.2) is 0 Å². The lowest BCUT2D eigenvalue weighted by molar-refractivity contribution is 0.103. The Morgan fingerprint density at radius 3 is 2.76 bits per heavy atom. The molecule has 4 nitrogen and oxygen atoms in total. The van der Waals surface area contributed by atoms with Gasteiger partial charge in [-0.3, -0.25) is 0 Å². The maximum absolute atomic E-state index is 9.83. The van der Waals surface area contributed by atoms with Crippen LogP contribution in [0.25, 0.3) is 0 Å². The number of aliphatic hydroxyl groups excluding tert-OH is 1. The van der Waals surface area contributed by atoms with Crippen molar-refractivity contribution in [1.82, 2.24) is 5.32 Å². The molecule has 1 heterocycles. The van der Waals surface area contributed by atoms with Gasteiger partial charge < -0.3 is 19.9 Å². The van der Waals surface area contributed by atoms with Gasteiger partial charge in [-0.2, -0.15) is 0 Å². The van der Waals surface area contributed by atoms with E-state index >= 15 is 0 Å². The number of rotatable bonds is 4. The van der Waals surface area contributed by atoms with Gasteiger partial charge in [0.05, 0.1) is 6.61 Å².